The summed E-state index contributed by atoms with van der Waals surface area (Å²) in [5, 5.41) is 4.40. The van der Waals surface area contributed by atoms with Gasteiger partial charge in [0.15, 0.2) is 6.61 Å². The summed E-state index contributed by atoms with van der Waals surface area (Å²) in [6.45, 7) is 5.94. The second kappa shape index (κ2) is 7.76. The molecule has 1 aliphatic rings. The molecule has 7 nitrogen and oxygen atoms in total. The predicted octanol–water partition coefficient (Wildman–Crippen LogP) is 1.70. The Morgan fingerprint density at radius 2 is 2.04 bits per heavy atom. The zero-order valence-corrected chi connectivity index (χ0v) is 15.6. The van der Waals surface area contributed by atoms with Crippen molar-refractivity contribution in [2.75, 3.05) is 19.7 Å². The Kier molecular flexibility index (Phi) is 5.44. The number of aryl methyl sites for hydroxylation is 2. The molecule has 140 valence electrons. The molecule has 0 N–H and O–H groups in total. The van der Waals surface area contributed by atoms with Gasteiger partial charge in [-0.2, -0.15) is 5.10 Å². The average molecular weight is 358 g/mol. The van der Waals surface area contributed by atoms with Crippen molar-refractivity contribution in [1.82, 2.24) is 19.2 Å². The molecule has 2 aromatic rings. The number of aromatic nitrogens is 3. The first-order valence-corrected chi connectivity index (χ1v) is 9.10. The van der Waals surface area contributed by atoms with Crippen LogP contribution in [0.2, 0.25) is 0 Å². The highest BCUT2D eigenvalue weighted by molar-refractivity contribution is 5.77. The Morgan fingerprint density at radius 1 is 1.31 bits per heavy atom. The molecule has 0 saturated carbocycles. The van der Waals surface area contributed by atoms with E-state index in [0.29, 0.717) is 25.4 Å². The average Bonchev–Trinajstić information content (AvgIpc) is 2.94. The second-order valence-electron chi connectivity index (χ2n) is 6.77. The number of nitrogens with zero attached hydrogens (tertiary/aromatic N) is 4. The zero-order chi connectivity index (χ0) is 18.7. The summed E-state index contributed by atoms with van der Waals surface area (Å²) in [6.07, 6.45) is 1.62. The summed E-state index contributed by atoms with van der Waals surface area (Å²) < 4.78 is 8.74. The molecule has 3 rings (SSSR count). The maximum absolute atomic E-state index is 12.4. The molecule has 0 radical (unpaired) electrons. The number of carbonyl (C=O) groups is 1. The van der Waals surface area contributed by atoms with E-state index in [1.54, 1.807) is 11.6 Å². The van der Waals surface area contributed by atoms with Crippen molar-refractivity contribution in [3.8, 4) is 5.75 Å². The van der Waals surface area contributed by atoms with Gasteiger partial charge in [0.05, 0.1) is 0 Å². The normalized spacial score (nSPS) is 15.3. The summed E-state index contributed by atoms with van der Waals surface area (Å²) >= 11 is 0. The lowest BCUT2D eigenvalue weighted by Crippen LogP contribution is -2.41. The molecule has 2 heterocycles. The van der Waals surface area contributed by atoms with Crippen LogP contribution in [0.3, 0.4) is 0 Å². The van der Waals surface area contributed by atoms with Gasteiger partial charge in [0.1, 0.15) is 11.6 Å². The molecule has 1 fully saturated rings. The lowest BCUT2D eigenvalue weighted by Gasteiger charge is -2.31. The van der Waals surface area contributed by atoms with E-state index >= 15 is 0 Å². The first-order chi connectivity index (χ1) is 12.5. The van der Waals surface area contributed by atoms with Crippen LogP contribution in [0, 0.1) is 6.92 Å². The number of carbonyl (C=O) groups excluding carboxylic acids is 1. The maximum Gasteiger partial charge on any atom is 0.345 e. The Hall–Kier alpha value is -2.57. The van der Waals surface area contributed by atoms with Crippen LogP contribution in [0.4, 0.5) is 0 Å². The van der Waals surface area contributed by atoms with Crippen LogP contribution < -0.4 is 10.4 Å². The minimum Gasteiger partial charge on any atom is -0.484 e. The fourth-order valence-electron chi connectivity index (χ4n) is 3.45. The fraction of sp³-hybridized carbons (Fsp3) is 0.526. The van der Waals surface area contributed by atoms with Crippen molar-refractivity contribution in [1.29, 1.82) is 0 Å². The number of ether oxygens (including phenoxy) is 1. The van der Waals surface area contributed by atoms with Gasteiger partial charge in [-0.15, -0.1) is 0 Å². The lowest BCUT2D eigenvalue weighted by molar-refractivity contribution is -0.134. The van der Waals surface area contributed by atoms with E-state index in [9.17, 15) is 9.59 Å². The van der Waals surface area contributed by atoms with Gasteiger partial charge in [-0.25, -0.2) is 9.48 Å². The molecule has 0 unspecified atom stereocenters. The van der Waals surface area contributed by atoms with Crippen molar-refractivity contribution < 1.29 is 9.53 Å². The number of rotatable bonds is 5. The van der Waals surface area contributed by atoms with E-state index in [1.807, 2.05) is 43.0 Å². The van der Waals surface area contributed by atoms with Crippen LogP contribution in [-0.2, 0) is 18.4 Å². The van der Waals surface area contributed by atoms with Gasteiger partial charge in [0.25, 0.3) is 5.91 Å². The molecule has 0 atom stereocenters. The quantitative estimate of drug-likeness (QED) is 0.816. The van der Waals surface area contributed by atoms with E-state index in [4.69, 9.17) is 4.74 Å². The van der Waals surface area contributed by atoms with Gasteiger partial charge < -0.3 is 9.64 Å². The molecule has 1 saturated heterocycles. The van der Waals surface area contributed by atoms with Crippen molar-refractivity contribution in [2.45, 2.75) is 39.2 Å². The van der Waals surface area contributed by atoms with Crippen LogP contribution in [0.25, 0.3) is 0 Å². The second-order valence-corrected chi connectivity index (χ2v) is 6.77. The molecule has 1 amide bonds. The lowest BCUT2D eigenvalue weighted by atomic mass is 9.96. The minimum atomic E-state index is -0.0763. The smallest absolute Gasteiger partial charge is 0.345 e. The number of hydrogen-bond donors (Lipinski definition) is 0. The SMILES string of the molecule is CCn1c(C2CCN(C(=O)COc3cccc(C)c3)CC2)nn(C)c1=O. The number of benzene rings is 1. The fourth-order valence-corrected chi connectivity index (χ4v) is 3.45. The highest BCUT2D eigenvalue weighted by Crippen LogP contribution is 2.26. The molecule has 7 heteroatoms. The summed E-state index contributed by atoms with van der Waals surface area (Å²) in [7, 11) is 1.68. The van der Waals surface area contributed by atoms with Crippen LogP contribution >= 0.6 is 0 Å². The summed E-state index contributed by atoms with van der Waals surface area (Å²) in [5.74, 6) is 1.77. The van der Waals surface area contributed by atoms with E-state index in [-0.39, 0.29) is 24.1 Å². The molecule has 0 spiro atoms. The van der Waals surface area contributed by atoms with Gasteiger partial charge in [-0.05, 0) is 44.4 Å². The Morgan fingerprint density at radius 3 is 2.69 bits per heavy atom. The molecular formula is C19H26N4O3. The number of amides is 1. The molecule has 0 aliphatic carbocycles. The zero-order valence-electron chi connectivity index (χ0n) is 15.6. The van der Waals surface area contributed by atoms with Gasteiger partial charge in [-0.3, -0.25) is 9.36 Å². The first kappa shape index (κ1) is 18.2. The third kappa shape index (κ3) is 3.81. The molecule has 1 aliphatic heterocycles. The summed E-state index contributed by atoms with van der Waals surface area (Å²) in [4.78, 5) is 26.3. The van der Waals surface area contributed by atoms with Crippen molar-refractivity contribution >= 4 is 5.91 Å². The monoisotopic (exact) mass is 358 g/mol. The number of likely N-dealkylation sites (tertiary alicyclic amines) is 1. The molecule has 1 aromatic carbocycles. The number of hydrogen-bond acceptors (Lipinski definition) is 4. The van der Waals surface area contributed by atoms with E-state index < -0.39 is 0 Å². The van der Waals surface area contributed by atoms with Gasteiger partial charge in [0, 0.05) is 32.6 Å². The van der Waals surface area contributed by atoms with Gasteiger partial charge in [-0.1, -0.05) is 12.1 Å². The van der Waals surface area contributed by atoms with Crippen LogP contribution in [-0.4, -0.2) is 44.9 Å². The van der Waals surface area contributed by atoms with E-state index in [0.717, 1.165) is 24.2 Å². The van der Waals surface area contributed by atoms with Crippen molar-refractivity contribution in [3.05, 3.63) is 46.1 Å². The summed E-state index contributed by atoms with van der Waals surface area (Å²) in [6, 6.07) is 7.69. The Balaban J connectivity index is 1.56. The molecule has 1 aromatic heterocycles. The van der Waals surface area contributed by atoms with Gasteiger partial charge in [0.2, 0.25) is 0 Å². The molecule has 26 heavy (non-hydrogen) atoms. The standard InChI is InChI=1S/C19H26N4O3/c1-4-23-18(20-21(3)19(23)25)15-8-10-22(11-9-15)17(24)13-26-16-7-5-6-14(2)12-16/h5-7,12,15H,4,8-11,13H2,1-3H3. The van der Waals surface area contributed by atoms with E-state index in [2.05, 4.69) is 5.10 Å². The van der Waals surface area contributed by atoms with Crippen LogP contribution in [0.5, 0.6) is 5.75 Å². The highest BCUT2D eigenvalue weighted by Gasteiger charge is 2.28. The topological polar surface area (TPSA) is 69.4 Å². The molecule has 0 bridgehead atoms. The van der Waals surface area contributed by atoms with Crippen molar-refractivity contribution in [3.63, 3.8) is 0 Å². The third-order valence-corrected chi connectivity index (χ3v) is 4.92. The summed E-state index contributed by atoms with van der Waals surface area (Å²) in [5.41, 5.74) is 1.03. The van der Waals surface area contributed by atoms with E-state index in [1.165, 1.54) is 4.68 Å². The third-order valence-electron chi connectivity index (χ3n) is 4.92. The largest absolute Gasteiger partial charge is 0.484 e. The van der Waals surface area contributed by atoms with Crippen molar-refractivity contribution in [2.24, 2.45) is 7.05 Å². The number of piperidine rings is 1. The maximum atomic E-state index is 12.4. The van der Waals surface area contributed by atoms with Gasteiger partial charge >= 0.3 is 5.69 Å². The Labute approximate surface area is 153 Å². The van der Waals surface area contributed by atoms with Crippen LogP contribution in [0.15, 0.2) is 29.1 Å². The first-order valence-electron chi connectivity index (χ1n) is 9.10. The minimum absolute atomic E-state index is 0.00106. The Bertz CT molecular complexity index is 832. The predicted molar refractivity (Wildman–Crippen MR) is 98.4 cm³/mol. The molecular weight excluding hydrogens is 332 g/mol. The van der Waals surface area contributed by atoms with Crippen LogP contribution in [0.1, 0.15) is 37.1 Å². The highest BCUT2D eigenvalue weighted by atomic mass is 16.5.